The molecule has 16 heteroatoms. The predicted octanol–water partition coefficient (Wildman–Crippen LogP) is 19.9. The van der Waals surface area contributed by atoms with Crippen molar-refractivity contribution < 1.29 is 73.5 Å². The topological polar surface area (TPSA) is 0 Å². The van der Waals surface area contributed by atoms with Crippen LogP contribution in [0, 0.1) is 0 Å². The Balaban J connectivity index is 0.000000323. The first kappa shape index (κ1) is 59.2. The summed E-state index contributed by atoms with van der Waals surface area (Å²) in [5.41, 5.74) is -2.66. The van der Waals surface area contributed by atoms with E-state index in [1.807, 2.05) is 119 Å². The molecule has 0 spiro atoms. The molecule has 2 radical (unpaired) electrons. The van der Waals surface area contributed by atoms with E-state index in [0.717, 1.165) is 55.7 Å². The van der Waals surface area contributed by atoms with Gasteiger partial charge in [-0.3, -0.25) is 0 Å². The Morgan fingerprint density at radius 3 is 0.824 bits per heavy atom. The van der Waals surface area contributed by atoms with Gasteiger partial charge in [-0.15, -0.1) is 69.1 Å². The molecule has 0 aliphatic rings. The zero-order chi connectivity index (χ0) is 52.6. The Labute approximate surface area is 413 Å². The van der Waals surface area contributed by atoms with E-state index < -0.39 is 78.6 Å². The molecule has 0 aliphatic carbocycles. The van der Waals surface area contributed by atoms with Crippen molar-refractivity contribution in [2.24, 2.45) is 0 Å². The van der Waals surface area contributed by atoms with Gasteiger partial charge in [-0.05, 0) is 69.2 Å². The summed E-state index contributed by atoms with van der Waals surface area (Å²) in [6.45, 7) is 27.7. The molecule has 68 heavy (non-hydrogen) atoms. The Morgan fingerprint density at radius 2 is 0.632 bits per heavy atom. The summed E-state index contributed by atoms with van der Waals surface area (Å²) in [5, 5.41) is 2.90. The molecular weight excluding hydrogens is 1040 g/mol. The van der Waals surface area contributed by atoms with Crippen LogP contribution in [0.25, 0.3) is 43.8 Å². The Hall–Kier alpha value is -3.06. The first-order valence-corrected chi connectivity index (χ1v) is 29.6. The van der Waals surface area contributed by atoms with Gasteiger partial charge < -0.3 is 0 Å². The van der Waals surface area contributed by atoms with E-state index in [4.69, 9.17) is 17.0 Å². The van der Waals surface area contributed by atoms with Crippen molar-refractivity contribution >= 4 is 48.1 Å². The zero-order valence-electron chi connectivity index (χ0n) is 40.4. The molecule has 0 fully saturated rings. The molecule has 370 valence electrons. The average molecular weight is 1100 g/mol. The Morgan fingerprint density at radius 1 is 0.397 bits per heavy atom. The van der Waals surface area contributed by atoms with Crippen molar-refractivity contribution in [2.75, 3.05) is 0 Å². The average Bonchev–Trinajstić information content (AvgIpc) is 3.82. The molecule has 0 unspecified atom stereocenters. The van der Waals surface area contributed by atoms with Crippen LogP contribution < -0.4 is 0 Å². The molecule has 0 aromatic heterocycles. The van der Waals surface area contributed by atoms with E-state index in [1.165, 1.54) is 0 Å². The molecular formula is C52H56Cl2F12SiZr. The third kappa shape index (κ3) is 15.0. The maximum atomic E-state index is 13.5. The fourth-order valence-corrected chi connectivity index (χ4v) is 7.50. The molecule has 0 bridgehead atoms. The number of rotatable bonds is 2. The summed E-state index contributed by atoms with van der Waals surface area (Å²) in [5.74, 6) is 0. The van der Waals surface area contributed by atoms with Crippen molar-refractivity contribution in [2.45, 2.75) is 143 Å². The van der Waals surface area contributed by atoms with Crippen LogP contribution in [-0.4, -0.2) is 9.52 Å². The third-order valence-corrected chi connectivity index (χ3v) is 10.9. The van der Waals surface area contributed by atoms with E-state index in [0.29, 0.717) is 33.0 Å². The predicted molar refractivity (Wildman–Crippen MR) is 254 cm³/mol. The molecule has 0 heterocycles. The molecule has 6 aromatic carbocycles. The number of hydrogen-bond acceptors (Lipinski definition) is 0. The fourth-order valence-electron chi connectivity index (χ4n) is 7.50. The molecule has 6 rings (SSSR count). The Bertz CT molecular complexity index is 2400. The van der Waals surface area contributed by atoms with E-state index in [1.54, 1.807) is 12.1 Å². The minimum atomic E-state index is -4.89. The first-order valence-electron chi connectivity index (χ1n) is 21.2. The van der Waals surface area contributed by atoms with Gasteiger partial charge in [0.15, 0.2) is 0 Å². The fraction of sp³-hybridized carbons (Fsp3) is 0.423. The van der Waals surface area contributed by atoms with Gasteiger partial charge in [0.25, 0.3) is 0 Å². The van der Waals surface area contributed by atoms with Crippen LogP contribution in [0.3, 0.4) is 0 Å². The Kier molecular flexibility index (Phi) is 18.6. The van der Waals surface area contributed by atoms with Gasteiger partial charge in [-0.25, -0.2) is 0 Å². The van der Waals surface area contributed by atoms with Gasteiger partial charge >= 0.3 is 62.6 Å². The van der Waals surface area contributed by atoms with Gasteiger partial charge in [0, 0.05) is 9.52 Å². The quantitative estimate of drug-likeness (QED) is 0.0921. The molecule has 0 saturated heterocycles. The van der Waals surface area contributed by atoms with Gasteiger partial charge in [-0.1, -0.05) is 118 Å². The number of halogens is 14. The summed E-state index contributed by atoms with van der Waals surface area (Å²) < 4.78 is 162. The van der Waals surface area contributed by atoms with Crippen molar-refractivity contribution in [1.29, 1.82) is 0 Å². The van der Waals surface area contributed by atoms with Gasteiger partial charge in [0.1, 0.15) is 0 Å². The normalized spacial score (nSPS) is 13.0. The minimum absolute atomic E-state index is 0.0799. The van der Waals surface area contributed by atoms with Crippen molar-refractivity contribution in [3.63, 3.8) is 0 Å². The maximum absolute atomic E-state index is 13.5. The third-order valence-electron chi connectivity index (χ3n) is 10.9. The van der Waals surface area contributed by atoms with Crippen LogP contribution in [-0.2, 0) is 67.2 Å². The monoisotopic (exact) mass is 1100 g/mol. The van der Waals surface area contributed by atoms with E-state index >= 15 is 0 Å². The van der Waals surface area contributed by atoms with Gasteiger partial charge in [-0.2, -0.15) is 64.8 Å². The summed E-state index contributed by atoms with van der Waals surface area (Å²) in [7, 11) is 11.0. The first-order chi connectivity index (χ1) is 30.6. The zero-order valence-corrected chi connectivity index (χ0v) is 45.3. The van der Waals surface area contributed by atoms with Crippen LogP contribution >= 0.6 is 17.0 Å². The second-order valence-electron chi connectivity index (χ2n) is 20.6. The summed E-state index contributed by atoms with van der Waals surface area (Å²) in [6, 6.07) is 18.7. The second-order valence-corrected chi connectivity index (χ2v) is 25.4. The summed E-state index contributed by atoms with van der Waals surface area (Å²) in [4.78, 5) is 0. The van der Waals surface area contributed by atoms with Crippen molar-refractivity contribution in [3.8, 4) is 22.3 Å². The number of benzene rings is 4. The van der Waals surface area contributed by atoms with E-state index in [9.17, 15) is 52.7 Å². The SMILES string of the molecule is CC(C)(C)c1cc2c(-c3cc(C(F)(F)F)cc(C(F)(F)F)c3)c(C(C)(C)C)ccc2[cH-]1.CC(C)(C)c1cc2c(-c3cc(C(F)(F)F)cc(C(F)(F)F)c3)c(C(C)(C)C)ccc2[cH-]1.C[Si]C.[Cl][Zr+2][Cl]. The molecule has 0 aliphatic heterocycles. The second kappa shape index (κ2) is 21.3. The van der Waals surface area contributed by atoms with Crippen LogP contribution in [0.1, 0.15) is 128 Å². The van der Waals surface area contributed by atoms with Gasteiger partial charge in [0.05, 0.1) is 22.3 Å². The summed E-state index contributed by atoms with van der Waals surface area (Å²) >= 11 is -0.826. The summed E-state index contributed by atoms with van der Waals surface area (Å²) in [6.07, 6.45) is -19.6. The molecule has 0 saturated carbocycles. The number of hydrogen-bond donors (Lipinski definition) is 0. The van der Waals surface area contributed by atoms with E-state index in [2.05, 4.69) is 13.1 Å². The molecule has 6 aromatic rings. The molecule has 0 amide bonds. The van der Waals surface area contributed by atoms with Gasteiger partial charge in [0.2, 0.25) is 0 Å². The standard InChI is InChI=1S/2C25H25F6.C2H6Si.2ClH.Zr/c2*1-22(2,3)16-9-14-7-8-20(23(4,5)6)21(19(14)13-16)15-10-17(24(26,27)28)12-18(11-15)25(29,30)31;1-3-2;;;/h2*7-13H,1-6H3;1-2H3;2*1H;/q2*-1;;;;+4/p-2. The van der Waals surface area contributed by atoms with Crippen LogP contribution in [0.15, 0.2) is 84.9 Å². The van der Waals surface area contributed by atoms with Crippen LogP contribution in [0.2, 0.25) is 13.1 Å². The van der Waals surface area contributed by atoms with Crippen molar-refractivity contribution in [3.05, 3.63) is 129 Å². The van der Waals surface area contributed by atoms with E-state index in [-0.39, 0.29) is 34.1 Å². The molecule has 0 atom stereocenters. The van der Waals surface area contributed by atoms with Crippen LogP contribution in [0.5, 0.6) is 0 Å². The number of alkyl halides is 12. The molecule has 0 nitrogen and oxygen atoms in total. The van der Waals surface area contributed by atoms with Crippen molar-refractivity contribution in [1.82, 2.24) is 0 Å². The molecule has 0 N–H and O–H groups in total. The van der Waals surface area contributed by atoms with Crippen LogP contribution in [0.4, 0.5) is 52.7 Å². The number of fused-ring (bicyclic) bond motifs is 2.